The highest BCUT2D eigenvalue weighted by Gasteiger charge is 2.22. The van der Waals surface area contributed by atoms with Crippen molar-refractivity contribution < 1.29 is 40.7 Å². The summed E-state index contributed by atoms with van der Waals surface area (Å²) in [5.41, 5.74) is 18.1. The maximum Gasteiger partial charge on any atom is 0.323 e. The standard InChI is InChI=1S/2C32H33F2N7O.C32H33F2N3O/c33-26-18-22(24-6-10-30(36-20-24)40-14-2-1-3-15-40)4-8-28(26)38-32(42)39-29-9-5-23(19-27(29)34)25-7-11-31(37-21-25)41-16-12-35-13-17-41;33-27-19-23(22-2-1-3-26(18-22)40-14-10-35-11-15-40)4-6-29(27)38-32(42)39-30-7-5-24(20-28(30)34)25-8-9-37-31(21-25)41-16-12-36-13-17-41;1-2-3-7-22-8-4-11-24(18-22)26-13-15-30(28(33)20-26)36-32(38)37-31-16-14-27(21-29(31)34)25-12-5-9-23(19-25)10-6-17-35/h4-11,18-21,35H,1-3,12-17H2,(H2,38,39,42);1-9,18-21,35-36H,10-17H2,(H2,38,39,42);4-5,8-9,11-16,18-21H,2-3,6-7,10,17,35H2,1H3,(H2,36,37,38). The van der Waals surface area contributed by atoms with Crippen LogP contribution in [0.5, 0.6) is 0 Å². The molecule has 16 rings (SSSR count). The molecule has 4 fully saturated rings. The maximum atomic E-state index is 15.0. The molecule has 7 heterocycles. The summed E-state index contributed by atoms with van der Waals surface area (Å²) in [6, 6.07) is 60.8. The maximum absolute atomic E-state index is 15.0. The number of benzene rings is 9. The Morgan fingerprint density at radius 3 is 1.01 bits per heavy atom. The summed E-state index contributed by atoms with van der Waals surface area (Å²) in [6.07, 6.45) is 13.7. The van der Waals surface area contributed by atoms with E-state index in [1.54, 1.807) is 55.0 Å². The molecule has 122 heavy (non-hydrogen) atoms. The number of pyridine rings is 3. The summed E-state index contributed by atoms with van der Waals surface area (Å²) in [5.74, 6) is -0.872. The van der Waals surface area contributed by atoms with E-state index in [1.165, 1.54) is 84.8 Å². The molecule has 9 aromatic carbocycles. The van der Waals surface area contributed by atoms with Crippen LogP contribution < -0.4 is 73.2 Å². The van der Waals surface area contributed by atoms with E-state index in [-0.39, 0.29) is 34.1 Å². The van der Waals surface area contributed by atoms with Gasteiger partial charge in [-0.3, -0.25) is 0 Å². The van der Waals surface area contributed by atoms with Crippen LogP contribution in [0.2, 0.25) is 0 Å². The van der Waals surface area contributed by atoms with Crippen LogP contribution >= 0.6 is 0 Å². The first-order valence-corrected chi connectivity index (χ1v) is 41.6. The lowest BCUT2D eigenvalue weighted by molar-refractivity contribution is 0.261. The topological polar surface area (TPSA) is 237 Å². The Labute approximate surface area is 706 Å². The van der Waals surface area contributed by atoms with Crippen LogP contribution in [0.1, 0.15) is 56.6 Å². The number of carbonyl (C=O) groups excluding carboxylic acids is 3. The van der Waals surface area contributed by atoms with Gasteiger partial charge in [0, 0.05) is 127 Å². The van der Waals surface area contributed by atoms with Crippen LogP contribution in [0.4, 0.5) is 98.0 Å². The third kappa shape index (κ3) is 22.9. The van der Waals surface area contributed by atoms with Crippen LogP contribution in [-0.2, 0) is 12.8 Å². The summed E-state index contributed by atoms with van der Waals surface area (Å²) < 4.78 is 89.6. The fraction of sp³-hybridized carbons (Fsp3) is 0.250. The van der Waals surface area contributed by atoms with Crippen molar-refractivity contribution >= 4 is 75.4 Å². The Balaban J connectivity index is 0.000000150. The molecular formula is C96H99F6N17O3. The molecule has 0 atom stereocenters. The molecule has 20 nitrogen and oxygen atoms in total. The molecule has 0 aliphatic carbocycles. The van der Waals surface area contributed by atoms with Crippen molar-refractivity contribution in [3.8, 4) is 66.8 Å². The van der Waals surface area contributed by atoms with Crippen LogP contribution in [0, 0.1) is 34.9 Å². The first-order valence-electron chi connectivity index (χ1n) is 41.6. The van der Waals surface area contributed by atoms with Gasteiger partial charge in [-0.25, -0.2) is 55.7 Å². The third-order valence-electron chi connectivity index (χ3n) is 21.8. The van der Waals surface area contributed by atoms with Crippen molar-refractivity contribution in [1.29, 1.82) is 0 Å². The Hall–Kier alpha value is -13.1. The van der Waals surface area contributed by atoms with Gasteiger partial charge < -0.3 is 73.2 Å². The molecule has 0 radical (unpaired) electrons. The molecule has 0 unspecified atom stereocenters. The van der Waals surface area contributed by atoms with Gasteiger partial charge in [0.1, 0.15) is 52.4 Å². The number of amides is 6. The highest BCUT2D eigenvalue weighted by Crippen LogP contribution is 2.35. The minimum atomic E-state index is -0.747. The first-order chi connectivity index (χ1) is 59.5. The predicted octanol–water partition coefficient (Wildman–Crippen LogP) is 19.5. The lowest BCUT2D eigenvalue weighted by Crippen LogP contribution is -2.43. The number of aryl methyl sites for hydroxylation is 2. The molecular weight excluding hydrogens is 1550 g/mol. The van der Waals surface area contributed by atoms with Gasteiger partial charge in [0.05, 0.1) is 34.1 Å². The van der Waals surface area contributed by atoms with Gasteiger partial charge in [-0.2, -0.15) is 0 Å². The lowest BCUT2D eigenvalue weighted by Gasteiger charge is -2.29. The zero-order valence-corrected chi connectivity index (χ0v) is 68.0. The van der Waals surface area contributed by atoms with Gasteiger partial charge in [-0.15, -0.1) is 0 Å². The zero-order valence-electron chi connectivity index (χ0n) is 68.0. The van der Waals surface area contributed by atoms with Gasteiger partial charge in [0.15, 0.2) is 0 Å². The molecule has 4 aliphatic heterocycles. The molecule has 12 aromatic rings. The number of nitrogens with one attached hydrogen (secondary N) is 9. The number of piperidine rings is 1. The zero-order chi connectivity index (χ0) is 84.7. The Bertz CT molecular complexity index is 5250. The first kappa shape index (κ1) is 85.3. The average molecular weight is 1650 g/mol. The number of aromatic nitrogens is 3. The Morgan fingerprint density at radius 1 is 0.328 bits per heavy atom. The molecule has 0 spiro atoms. The molecule has 0 saturated carbocycles. The number of carbonyl (C=O) groups is 3. The van der Waals surface area contributed by atoms with Crippen molar-refractivity contribution in [1.82, 2.24) is 30.9 Å². The van der Waals surface area contributed by atoms with E-state index < -0.39 is 53.0 Å². The molecule has 628 valence electrons. The minimum Gasteiger partial charge on any atom is -0.369 e. The molecule has 4 saturated heterocycles. The Kier molecular flexibility index (Phi) is 29.2. The fourth-order valence-corrected chi connectivity index (χ4v) is 15.1. The number of urea groups is 3. The number of nitrogens with two attached hydrogens (primary N) is 1. The average Bonchev–Trinajstić information content (AvgIpc) is 0.863. The quantitative estimate of drug-likeness (QED) is 0.0284. The van der Waals surface area contributed by atoms with Gasteiger partial charge in [-0.1, -0.05) is 110 Å². The number of rotatable bonds is 22. The van der Waals surface area contributed by atoms with E-state index in [0.29, 0.717) is 34.4 Å². The number of piperazine rings is 3. The van der Waals surface area contributed by atoms with Gasteiger partial charge in [0.2, 0.25) is 0 Å². The van der Waals surface area contributed by atoms with Crippen molar-refractivity contribution in [3.63, 3.8) is 0 Å². The van der Waals surface area contributed by atoms with Crippen LogP contribution in [0.3, 0.4) is 0 Å². The normalized spacial score (nSPS) is 14.0. The van der Waals surface area contributed by atoms with E-state index in [2.05, 4.69) is 108 Å². The molecule has 6 amide bonds. The van der Waals surface area contributed by atoms with Crippen molar-refractivity contribution in [2.45, 2.75) is 58.3 Å². The van der Waals surface area contributed by atoms with Crippen molar-refractivity contribution in [2.75, 3.05) is 150 Å². The van der Waals surface area contributed by atoms with E-state index in [0.717, 1.165) is 204 Å². The predicted molar refractivity (Wildman–Crippen MR) is 480 cm³/mol. The summed E-state index contributed by atoms with van der Waals surface area (Å²) in [7, 11) is 0. The third-order valence-corrected chi connectivity index (χ3v) is 21.8. The van der Waals surface area contributed by atoms with Gasteiger partial charge in [0.25, 0.3) is 0 Å². The number of anilines is 10. The monoisotopic (exact) mass is 1650 g/mol. The second kappa shape index (κ2) is 41.7. The van der Waals surface area contributed by atoms with Crippen molar-refractivity contribution in [2.24, 2.45) is 5.73 Å². The van der Waals surface area contributed by atoms with Gasteiger partial charge in [-0.05, 0) is 240 Å². The van der Waals surface area contributed by atoms with Crippen LogP contribution in [0.25, 0.3) is 66.8 Å². The minimum absolute atomic E-state index is 0.00349. The summed E-state index contributed by atoms with van der Waals surface area (Å²) in [6.45, 7) is 15.6. The van der Waals surface area contributed by atoms with Crippen LogP contribution in [0.15, 0.2) is 237 Å². The largest absolute Gasteiger partial charge is 0.369 e. The molecule has 3 aromatic heterocycles. The number of hydrogen-bond donors (Lipinski definition) is 10. The van der Waals surface area contributed by atoms with E-state index in [4.69, 9.17) is 5.73 Å². The smallest absolute Gasteiger partial charge is 0.323 e. The van der Waals surface area contributed by atoms with E-state index in [9.17, 15) is 31.9 Å². The van der Waals surface area contributed by atoms with E-state index in [1.807, 2.05) is 91.0 Å². The Morgan fingerprint density at radius 2 is 0.648 bits per heavy atom. The molecule has 26 heteroatoms. The number of nitrogens with zero attached hydrogens (tertiary/aromatic N) is 7. The lowest BCUT2D eigenvalue weighted by atomic mass is 10.00. The summed E-state index contributed by atoms with van der Waals surface area (Å²) in [4.78, 5) is 60.3. The van der Waals surface area contributed by atoms with Crippen LogP contribution in [-0.4, -0.2) is 131 Å². The SMILES string of the molecule is CCCCc1cccc(-c2ccc(NC(=O)Nc3ccc(-c4cccc(CCCN)c4)cc3F)c(F)c2)c1.O=C(Nc1ccc(-c2ccc(N3CCCCC3)nc2)cc1F)Nc1ccc(-c2ccc(N3CCNCC3)nc2)cc1F.O=C(Nc1ccc(-c2cccc(N3CCNCC3)c2)cc1F)Nc1ccc(-c2ccnc(N3CCNCC3)c2)cc1F. The number of halogens is 6. The summed E-state index contributed by atoms with van der Waals surface area (Å²) >= 11 is 0. The van der Waals surface area contributed by atoms with E-state index >= 15 is 8.78 Å². The highest BCUT2D eigenvalue weighted by molar-refractivity contribution is 6.02. The second-order valence-electron chi connectivity index (χ2n) is 30.3. The summed E-state index contributed by atoms with van der Waals surface area (Å²) in [5, 5.41) is 24.8. The number of unbranched alkanes of at least 4 members (excludes halogenated alkanes) is 1. The molecule has 4 aliphatic rings. The number of hydrogen-bond acceptors (Lipinski definition) is 14. The highest BCUT2D eigenvalue weighted by atomic mass is 19.1. The van der Waals surface area contributed by atoms with Gasteiger partial charge >= 0.3 is 18.1 Å². The molecule has 0 bridgehead atoms. The van der Waals surface area contributed by atoms with Crippen molar-refractivity contribution in [3.05, 3.63) is 283 Å². The fourth-order valence-electron chi connectivity index (χ4n) is 15.1. The second-order valence-corrected chi connectivity index (χ2v) is 30.3. The molecule has 11 N–H and O–H groups in total.